The van der Waals surface area contributed by atoms with Crippen molar-refractivity contribution >= 4 is 29.5 Å². The van der Waals surface area contributed by atoms with E-state index in [1.165, 1.54) is 0 Å². The topological polar surface area (TPSA) is 190 Å². The van der Waals surface area contributed by atoms with Gasteiger partial charge in [0, 0.05) is 51.4 Å². The van der Waals surface area contributed by atoms with Gasteiger partial charge in [-0.05, 0) is 36.3 Å². The molecule has 15 heteroatoms. The van der Waals surface area contributed by atoms with E-state index < -0.39 is 35.9 Å². The van der Waals surface area contributed by atoms with E-state index in [0.717, 1.165) is 76.0 Å². The molecule has 0 bridgehead atoms. The van der Waals surface area contributed by atoms with Crippen LogP contribution in [0.3, 0.4) is 0 Å². The SMILES string of the molecule is N=C(N)c1ccc(C[C@H](C(=O)NCc2ccccc2)C(=O)N[C@H](C(=O)NCCN2CCNCC2)C2CCCCC2)cc1.O=C(O)C(F)(F)F. The minimum atomic E-state index is -5.08. The third-order valence-electron chi connectivity index (χ3n) is 8.53. The number of nitrogen functional groups attached to an aromatic ring is 1. The van der Waals surface area contributed by atoms with Crippen LogP contribution < -0.4 is 27.0 Å². The van der Waals surface area contributed by atoms with E-state index in [-0.39, 0.29) is 24.1 Å². The minimum Gasteiger partial charge on any atom is -0.475 e. The number of benzene rings is 2. The Morgan fingerprint density at radius 2 is 1.51 bits per heavy atom. The Hall–Kier alpha value is -4.50. The maximum absolute atomic E-state index is 13.8. The molecule has 1 saturated heterocycles. The third-order valence-corrected chi connectivity index (χ3v) is 8.53. The van der Waals surface area contributed by atoms with Crippen molar-refractivity contribution in [2.45, 2.75) is 57.3 Å². The van der Waals surface area contributed by atoms with E-state index in [0.29, 0.717) is 18.7 Å². The summed E-state index contributed by atoms with van der Waals surface area (Å²) >= 11 is 0. The Labute approximate surface area is 283 Å². The molecule has 1 heterocycles. The fourth-order valence-electron chi connectivity index (χ4n) is 5.77. The van der Waals surface area contributed by atoms with Crippen molar-refractivity contribution in [3.05, 3.63) is 71.3 Å². The zero-order valence-corrected chi connectivity index (χ0v) is 27.4. The highest BCUT2D eigenvalue weighted by Crippen LogP contribution is 2.27. The van der Waals surface area contributed by atoms with Gasteiger partial charge < -0.3 is 32.1 Å². The van der Waals surface area contributed by atoms with Crippen LogP contribution in [0.5, 0.6) is 0 Å². The Kier molecular flexibility index (Phi) is 15.5. The Morgan fingerprint density at radius 1 is 0.898 bits per heavy atom. The maximum Gasteiger partial charge on any atom is 0.490 e. The van der Waals surface area contributed by atoms with Crippen LogP contribution in [0.25, 0.3) is 0 Å². The lowest BCUT2D eigenvalue weighted by atomic mass is 9.83. The van der Waals surface area contributed by atoms with Crippen LogP contribution in [0.15, 0.2) is 54.6 Å². The molecule has 2 fully saturated rings. The fourth-order valence-corrected chi connectivity index (χ4v) is 5.77. The second-order valence-corrected chi connectivity index (χ2v) is 12.1. The third kappa shape index (κ3) is 13.5. The first-order valence-electron chi connectivity index (χ1n) is 16.4. The molecule has 0 radical (unpaired) electrons. The van der Waals surface area contributed by atoms with Crippen LogP contribution in [-0.2, 0) is 32.1 Å². The summed E-state index contributed by atoms with van der Waals surface area (Å²) in [5.74, 6) is -4.83. The molecule has 1 aliphatic carbocycles. The highest BCUT2D eigenvalue weighted by molar-refractivity contribution is 6.02. The summed E-state index contributed by atoms with van der Waals surface area (Å²) in [5.41, 5.74) is 7.87. The quantitative estimate of drug-likeness (QED) is 0.0946. The monoisotopic (exact) mass is 689 g/mol. The van der Waals surface area contributed by atoms with Gasteiger partial charge in [-0.15, -0.1) is 0 Å². The van der Waals surface area contributed by atoms with E-state index in [1.54, 1.807) is 24.3 Å². The molecule has 12 nitrogen and oxygen atoms in total. The number of alkyl halides is 3. The number of amides is 3. The van der Waals surface area contributed by atoms with Crippen LogP contribution in [0.2, 0.25) is 0 Å². The summed E-state index contributed by atoms with van der Waals surface area (Å²) in [6.45, 7) is 5.36. The Morgan fingerprint density at radius 3 is 2.08 bits per heavy atom. The number of carboxylic acids is 1. The normalized spacial score (nSPS) is 16.6. The molecule has 1 saturated carbocycles. The van der Waals surface area contributed by atoms with E-state index in [1.807, 2.05) is 30.3 Å². The lowest BCUT2D eigenvalue weighted by Crippen LogP contribution is -2.55. The Balaban J connectivity index is 0.000000838. The van der Waals surface area contributed by atoms with Gasteiger partial charge in [-0.25, -0.2) is 4.79 Å². The molecule has 2 atom stereocenters. The van der Waals surface area contributed by atoms with Crippen molar-refractivity contribution in [1.82, 2.24) is 26.2 Å². The van der Waals surface area contributed by atoms with Gasteiger partial charge in [-0.1, -0.05) is 73.9 Å². The second-order valence-electron chi connectivity index (χ2n) is 12.1. The number of aliphatic carboxylic acids is 1. The molecule has 268 valence electrons. The number of carboxylic acid groups (broad SMARTS) is 1. The molecule has 2 aliphatic rings. The number of nitrogens with two attached hydrogens (primary N) is 1. The van der Waals surface area contributed by atoms with Crippen LogP contribution >= 0.6 is 0 Å². The maximum atomic E-state index is 13.8. The van der Waals surface area contributed by atoms with Crippen LogP contribution in [0.4, 0.5) is 13.2 Å². The fraction of sp³-hybridized carbons (Fsp3) is 0.500. The summed E-state index contributed by atoms with van der Waals surface area (Å²) in [4.78, 5) is 52.0. The van der Waals surface area contributed by atoms with Gasteiger partial charge in [-0.2, -0.15) is 13.2 Å². The molecule has 4 rings (SSSR count). The number of rotatable bonds is 13. The molecule has 1 aliphatic heterocycles. The molecule has 0 unspecified atom stereocenters. The first-order chi connectivity index (χ1) is 23.3. The number of carbonyl (C=O) groups excluding carboxylic acids is 3. The number of carbonyl (C=O) groups is 4. The van der Waals surface area contributed by atoms with E-state index in [9.17, 15) is 27.6 Å². The smallest absolute Gasteiger partial charge is 0.475 e. The number of amidine groups is 1. The zero-order chi connectivity index (χ0) is 35.8. The van der Waals surface area contributed by atoms with Gasteiger partial charge in [0.1, 0.15) is 17.8 Å². The lowest BCUT2D eigenvalue weighted by Gasteiger charge is -2.32. The summed E-state index contributed by atoms with van der Waals surface area (Å²) < 4.78 is 31.7. The highest BCUT2D eigenvalue weighted by atomic mass is 19.4. The van der Waals surface area contributed by atoms with E-state index >= 15 is 0 Å². The Bertz CT molecular complexity index is 1380. The van der Waals surface area contributed by atoms with Gasteiger partial charge in [0.2, 0.25) is 17.7 Å². The zero-order valence-electron chi connectivity index (χ0n) is 27.4. The van der Waals surface area contributed by atoms with Gasteiger partial charge in [0.15, 0.2) is 0 Å². The lowest BCUT2D eigenvalue weighted by molar-refractivity contribution is -0.192. The van der Waals surface area contributed by atoms with Crippen molar-refractivity contribution in [2.24, 2.45) is 17.6 Å². The molecular weight excluding hydrogens is 643 g/mol. The first-order valence-corrected chi connectivity index (χ1v) is 16.4. The van der Waals surface area contributed by atoms with Gasteiger partial charge in [-0.3, -0.25) is 24.7 Å². The summed E-state index contributed by atoms with van der Waals surface area (Å²) in [6, 6.07) is 15.8. The second kappa shape index (κ2) is 19.5. The minimum absolute atomic E-state index is 0.0322. The van der Waals surface area contributed by atoms with Crippen LogP contribution in [0.1, 0.15) is 48.8 Å². The van der Waals surface area contributed by atoms with Crippen molar-refractivity contribution in [3.63, 3.8) is 0 Å². The molecule has 3 amide bonds. The molecule has 2 aromatic carbocycles. The average molecular weight is 690 g/mol. The predicted molar refractivity (Wildman–Crippen MR) is 177 cm³/mol. The van der Waals surface area contributed by atoms with Gasteiger partial charge >= 0.3 is 12.1 Å². The van der Waals surface area contributed by atoms with Crippen LogP contribution in [0, 0.1) is 17.2 Å². The van der Waals surface area contributed by atoms with Crippen molar-refractivity contribution < 1.29 is 37.5 Å². The van der Waals surface area contributed by atoms with E-state index in [4.69, 9.17) is 21.0 Å². The highest BCUT2D eigenvalue weighted by Gasteiger charge is 2.38. The number of hydrogen-bond donors (Lipinski definition) is 7. The molecule has 2 aromatic rings. The summed E-state index contributed by atoms with van der Waals surface area (Å²) in [5, 5.41) is 27.1. The molecular formula is C34H46F3N7O5. The number of piperazine rings is 1. The molecule has 0 aromatic heterocycles. The van der Waals surface area contributed by atoms with Crippen LogP contribution in [-0.4, -0.2) is 91.0 Å². The first kappa shape index (κ1) is 38.9. The van der Waals surface area contributed by atoms with Crippen molar-refractivity contribution in [2.75, 3.05) is 39.3 Å². The van der Waals surface area contributed by atoms with Gasteiger partial charge in [0.05, 0.1) is 0 Å². The predicted octanol–water partition coefficient (Wildman–Crippen LogP) is 2.17. The molecule has 8 N–H and O–H groups in total. The number of hydrogen-bond acceptors (Lipinski definition) is 7. The molecule has 49 heavy (non-hydrogen) atoms. The number of halogens is 3. The summed E-state index contributed by atoms with van der Waals surface area (Å²) in [6.07, 6.45) is -0.0144. The van der Waals surface area contributed by atoms with Crippen molar-refractivity contribution in [3.8, 4) is 0 Å². The molecule has 0 spiro atoms. The number of nitrogens with zero attached hydrogens (tertiary/aromatic N) is 1. The largest absolute Gasteiger partial charge is 0.490 e. The average Bonchev–Trinajstić information content (AvgIpc) is 3.09. The van der Waals surface area contributed by atoms with Crippen molar-refractivity contribution in [1.29, 1.82) is 5.41 Å². The van der Waals surface area contributed by atoms with E-state index in [2.05, 4.69) is 26.2 Å². The van der Waals surface area contributed by atoms with Gasteiger partial charge in [0.25, 0.3) is 0 Å². The summed E-state index contributed by atoms with van der Waals surface area (Å²) in [7, 11) is 0. The standard InChI is InChI=1S/C32H45N7O3.C2HF3O2/c33-29(34)26-13-11-23(12-14-26)21-27(30(40)37-22-24-7-3-1-4-8-24)31(41)38-28(25-9-5-2-6-10-25)32(42)36-17-20-39-18-15-35-16-19-39;3-2(4,5)1(6)7/h1,3-4,7-8,11-14,25,27-28,35H,2,5-6,9-10,15-22H2,(H3,33,34)(H,36,42)(H,37,40)(H,38,41);(H,6,7)/t27-,28+;/m1./s1. The number of nitrogens with one attached hydrogen (secondary N) is 5.